The average Bonchev–Trinajstić information content (AvgIpc) is 2.34. The van der Waals surface area contributed by atoms with Crippen LogP contribution in [0.3, 0.4) is 0 Å². The number of rotatable bonds is 0. The Bertz CT molecular complexity index is 339. The standard InChI is InChI=1S/C6H6N4O.N/c7-4-1-3(11)5-6(10-4)9-2-8-5;/h2H,1H2,(H2,7,10)(H,8,9);. The molecule has 2 rings (SSSR count). The van der Waals surface area contributed by atoms with Gasteiger partial charge in [0.05, 0.1) is 12.7 Å². The Morgan fingerprint density at radius 3 is 3.08 bits per heavy atom. The zero-order chi connectivity index (χ0) is 7.84. The van der Waals surface area contributed by atoms with Crippen LogP contribution in [0.4, 0.5) is 5.82 Å². The normalized spacial score (nSPS) is 14.7. The summed E-state index contributed by atoms with van der Waals surface area (Å²) in [5.41, 5.74) is 5.83. The summed E-state index contributed by atoms with van der Waals surface area (Å²) in [6, 6.07) is 0. The topological polar surface area (TPSA) is 115 Å². The van der Waals surface area contributed by atoms with Crippen LogP contribution in [0.2, 0.25) is 0 Å². The second-order valence-corrected chi connectivity index (χ2v) is 2.30. The lowest BCUT2D eigenvalue weighted by atomic mass is 10.1. The number of carbonyl (C=O) groups excluding carboxylic acids is 1. The van der Waals surface area contributed by atoms with Crippen molar-refractivity contribution in [3.05, 3.63) is 12.0 Å². The van der Waals surface area contributed by atoms with E-state index < -0.39 is 0 Å². The molecule has 0 unspecified atom stereocenters. The number of amidine groups is 1. The molecule has 1 aliphatic rings. The van der Waals surface area contributed by atoms with Crippen LogP contribution in [0.15, 0.2) is 11.3 Å². The Morgan fingerprint density at radius 1 is 1.58 bits per heavy atom. The molecule has 0 aromatic carbocycles. The van der Waals surface area contributed by atoms with Gasteiger partial charge in [-0.25, -0.2) is 9.98 Å². The summed E-state index contributed by atoms with van der Waals surface area (Å²) in [5.74, 6) is 0.679. The third-order valence-corrected chi connectivity index (χ3v) is 1.49. The summed E-state index contributed by atoms with van der Waals surface area (Å²) in [7, 11) is 0. The second-order valence-electron chi connectivity index (χ2n) is 2.30. The van der Waals surface area contributed by atoms with E-state index in [0.29, 0.717) is 17.3 Å². The number of imidazole rings is 1. The third-order valence-electron chi connectivity index (χ3n) is 1.49. The Hall–Kier alpha value is -1.69. The maximum atomic E-state index is 11.1. The monoisotopic (exact) mass is 164 g/mol. The molecule has 0 saturated heterocycles. The summed E-state index contributed by atoms with van der Waals surface area (Å²) in [6.45, 7) is 0. The Balaban J connectivity index is 0.000000720. The van der Waals surface area contributed by atoms with E-state index in [1.54, 1.807) is 0 Å². The largest absolute Gasteiger partial charge is 0.387 e. The molecular formula is C6H6N5O. The fourth-order valence-corrected chi connectivity index (χ4v) is 1.01. The number of nitrogens with zero attached hydrogens (tertiary/aromatic N) is 3. The number of ketones is 1. The Labute approximate surface area is 68.5 Å². The van der Waals surface area contributed by atoms with Gasteiger partial charge in [0, 0.05) is 6.15 Å². The van der Waals surface area contributed by atoms with E-state index in [0.717, 1.165) is 0 Å². The average molecular weight is 164 g/mol. The van der Waals surface area contributed by atoms with E-state index in [2.05, 4.69) is 15.0 Å². The molecule has 0 amide bonds. The van der Waals surface area contributed by atoms with Crippen molar-refractivity contribution in [1.82, 2.24) is 16.1 Å². The van der Waals surface area contributed by atoms with Crippen LogP contribution in [0.5, 0.6) is 0 Å². The van der Waals surface area contributed by atoms with Gasteiger partial charge in [0.1, 0.15) is 11.5 Å². The number of Topliss-reactive ketones (excluding diaryl/α,β-unsaturated/α-hetero) is 1. The van der Waals surface area contributed by atoms with Crippen molar-refractivity contribution in [2.24, 2.45) is 10.7 Å². The van der Waals surface area contributed by atoms with E-state index in [1.165, 1.54) is 6.33 Å². The molecule has 0 spiro atoms. The van der Waals surface area contributed by atoms with E-state index in [1.807, 2.05) is 0 Å². The van der Waals surface area contributed by atoms with Crippen molar-refractivity contribution in [2.45, 2.75) is 6.42 Å². The number of carbonyl (C=O) groups is 1. The number of nitrogens with two attached hydrogens (primary N) is 1. The van der Waals surface area contributed by atoms with Crippen LogP contribution in [0.1, 0.15) is 16.9 Å². The molecule has 0 aliphatic carbocycles. The van der Waals surface area contributed by atoms with Gasteiger partial charge in [-0.15, -0.1) is 0 Å². The molecule has 3 radical (unpaired) electrons. The smallest absolute Gasteiger partial charge is 0.190 e. The number of hydrogen-bond donors (Lipinski definition) is 2. The molecule has 0 fully saturated rings. The first-order valence-corrected chi connectivity index (χ1v) is 3.17. The predicted molar refractivity (Wildman–Crippen MR) is 41.0 cm³/mol. The van der Waals surface area contributed by atoms with Crippen molar-refractivity contribution in [3.8, 4) is 0 Å². The Kier molecular flexibility index (Phi) is 1.92. The van der Waals surface area contributed by atoms with Gasteiger partial charge in [-0.05, 0) is 0 Å². The molecule has 3 N–H and O–H groups in total. The van der Waals surface area contributed by atoms with E-state index in [4.69, 9.17) is 5.73 Å². The minimum atomic E-state index is -0.0509. The lowest BCUT2D eigenvalue weighted by Crippen LogP contribution is -2.20. The zero-order valence-corrected chi connectivity index (χ0v) is 6.11. The highest BCUT2D eigenvalue weighted by atomic mass is 16.1. The summed E-state index contributed by atoms with van der Waals surface area (Å²) in [5, 5.41) is 0. The van der Waals surface area contributed by atoms with Crippen LogP contribution in [0.25, 0.3) is 0 Å². The first-order valence-electron chi connectivity index (χ1n) is 3.17. The van der Waals surface area contributed by atoms with Crippen LogP contribution < -0.4 is 11.9 Å². The van der Waals surface area contributed by atoms with Crippen LogP contribution in [-0.2, 0) is 0 Å². The van der Waals surface area contributed by atoms with Crippen molar-refractivity contribution >= 4 is 17.4 Å². The van der Waals surface area contributed by atoms with Gasteiger partial charge in [0.25, 0.3) is 0 Å². The number of hydrogen-bond acceptors (Lipinski definition) is 4. The van der Waals surface area contributed by atoms with Gasteiger partial charge in [-0.2, -0.15) is 0 Å². The number of aromatic nitrogens is 2. The first kappa shape index (κ1) is 8.41. The molecule has 1 aromatic heterocycles. The van der Waals surface area contributed by atoms with Crippen molar-refractivity contribution in [3.63, 3.8) is 0 Å². The summed E-state index contributed by atoms with van der Waals surface area (Å²) in [6.07, 6.45) is 1.62. The van der Waals surface area contributed by atoms with E-state index in [-0.39, 0.29) is 18.4 Å². The minimum absolute atomic E-state index is 0. The lowest BCUT2D eigenvalue weighted by Gasteiger charge is -2.04. The lowest BCUT2D eigenvalue weighted by molar-refractivity contribution is 0.0995. The van der Waals surface area contributed by atoms with Crippen LogP contribution in [0, 0.1) is 0 Å². The highest BCUT2D eigenvalue weighted by molar-refractivity contribution is 6.13. The molecule has 2 heterocycles. The molecule has 61 valence electrons. The number of nitrogens with one attached hydrogen (secondary N) is 1. The molecule has 6 heteroatoms. The van der Waals surface area contributed by atoms with Gasteiger partial charge in [0.15, 0.2) is 11.6 Å². The van der Waals surface area contributed by atoms with Crippen molar-refractivity contribution in [2.75, 3.05) is 0 Å². The fraction of sp³-hybridized carbons (Fsp3) is 0.167. The molecule has 6 nitrogen and oxygen atoms in total. The molecule has 1 aromatic rings. The van der Waals surface area contributed by atoms with Crippen molar-refractivity contribution in [1.29, 1.82) is 0 Å². The maximum absolute atomic E-state index is 11.1. The highest BCUT2D eigenvalue weighted by Crippen LogP contribution is 2.19. The number of fused-ring (bicyclic) bond motifs is 1. The minimum Gasteiger partial charge on any atom is -0.387 e. The summed E-state index contributed by atoms with van der Waals surface area (Å²) >= 11 is 0. The highest BCUT2D eigenvalue weighted by Gasteiger charge is 2.19. The number of H-pyrrole nitrogens is 1. The first-order chi connectivity index (χ1) is 5.27. The molecule has 12 heavy (non-hydrogen) atoms. The zero-order valence-electron chi connectivity index (χ0n) is 6.11. The molecule has 0 bridgehead atoms. The SMILES string of the molecule is NC1=Nc2nc[nH]c2C(=O)C1.[N]. The van der Waals surface area contributed by atoms with Gasteiger partial charge < -0.3 is 10.7 Å². The molecular weight excluding hydrogens is 158 g/mol. The number of aliphatic imine (C=N–C) groups is 1. The van der Waals surface area contributed by atoms with Crippen LogP contribution >= 0.6 is 0 Å². The van der Waals surface area contributed by atoms with Crippen molar-refractivity contribution < 1.29 is 4.79 Å². The fourth-order valence-electron chi connectivity index (χ4n) is 1.01. The second kappa shape index (κ2) is 2.74. The van der Waals surface area contributed by atoms with E-state index in [9.17, 15) is 4.79 Å². The molecule has 0 saturated carbocycles. The van der Waals surface area contributed by atoms with Gasteiger partial charge >= 0.3 is 0 Å². The molecule has 0 atom stereocenters. The van der Waals surface area contributed by atoms with Crippen LogP contribution in [-0.4, -0.2) is 21.6 Å². The van der Waals surface area contributed by atoms with Gasteiger partial charge in [0.2, 0.25) is 0 Å². The number of aromatic amines is 1. The Morgan fingerprint density at radius 2 is 2.33 bits per heavy atom. The summed E-state index contributed by atoms with van der Waals surface area (Å²) < 4.78 is 0. The quantitative estimate of drug-likeness (QED) is 0.538. The predicted octanol–water partition coefficient (Wildman–Crippen LogP) is -0.496. The van der Waals surface area contributed by atoms with Gasteiger partial charge in [-0.1, -0.05) is 0 Å². The van der Waals surface area contributed by atoms with E-state index >= 15 is 0 Å². The summed E-state index contributed by atoms with van der Waals surface area (Å²) in [4.78, 5) is 21.5. The third kappa shape index (κ3) is 1.08. The molecule has 1 aliphatic heterocycles. The van der Waals surface area contributed by atoms with Gasteiger partial charge in [-0.3, -0.25) is 4.79 Å². The maximum Gasteiger partial charge on any atom is 0.190 e.